The van der Waals surface area contributed by atoms with E-state index in [1.165, 1.54) is 19.3 Å². The predicted molar refractivity (Wildman–Crippen MR) is 78.1 cm³/mol. The molecule has 2 amide bonds. The first kappa shape index (κ1) is 14.6. The van der Waals surface area contributed by atoms with E-state index in [-0.39, 0.29) is 6.03 Å². The van der Waals surface area contributed by atoms with Gasteiger partial charge in [0.05, 0.1) is 5.92 Å². The average molecular weight is 295 g/mol. The largest absolute Gasteiger partial charge is 0.481 e. The first-order valence-electron chi connectivity index (χ1n) is 8.16. The number of amides is 2. The van der Waals surface area contributed by atoms with Gasteiger partial charge in [-0.25, -0.2) is 4.79 Å². The van der Waals surface area contributed by atoms with Gasteiger partial charge in [-0.15, -0.1) is 0 Å². The highest BCUT2D eigenvalue weighted by atomic mass is 16.4. The molecule has 6 heteroatoms. The summed E-state index contributed by atoms with van der Waals surface area (Å²) in [4.78, 5) is 30.0. The van der Waals surface area contributed by atoms with Crippen LogP contribution in [0.5, 0.6) is 0 Å². The van der Waals surface area contributed by atoms with E-state index in [2.05, 4.69) is 4.90 Å². The molecule has 0 aliphatic carbocycles. The summed E-state index contributed by atoms with van der Waals surface area (Å²) in [6, 6.07) is 0.558. The SMILES string of the molecule is O=C(O)[C@H]1CCCN(C(=O)N2CCN3CCCCC3C2)C1. The zero-order chi connectivity index (χ0) is 14.8. The van der Waals surface area contributed by atoms with Crippen molar-refractivity contribution in [1.82, 2.24) is 14.7 Å². The van der Waals surface area contributed by atoms with Crippen LogP contribution in [-0.4, -0.2) is 77.1 Å². The zero-order valence-electron chi connectivity index (χ0n) is 12.5. The van der Waals surface area contributed by atoms with Crippen LogP contribution in [0.2, 0.25) is 0 Å². The first-order chi connectivity index (χ1) is 10.1. The molecule has 0 saturated carbocycles. The number of hydrogen-bond acceptors (Lipinski definition) is 3. The van der Waals surface area contributed by atoms with Crippen molar-refractivity contribution in [1.29, 1.82) is 0 Å². The molecule has 21 heavy (non-hydrogen) atoms. The van der Waals surface area contributed by atoms with Crippen molar-refractivity contribution in [3.63, 3.8) is 0 Å². The molecule has 1 unspecified atom stereocenters. The molecule has 3 fully saturated rings. The Labute approximate surface area is 125 Å². The van der Waals surface area contributed by atoms with Crippen LogP contribution in [0, 0.1) is 5.92 Å². The highest BCUT2D eigenvalue weighted by Gasteiger charge is 2.35. The zero-order valence-corrected chi connectivity index (χ0v) is 12.5. The molecule has 0 aromatic carbocycles. The van der Waals surface area contributed by atoms with Gasteiger partial charge >= 0.3 is 12.0 Å². The molecule has 0 spiro atoms. The fourth-order valence-electron chi connectivity index (χ4n) is 3.88. The second-order valence-electron chi connectivity index (χ2n) is 6.54. The Bertz CT molecular complexity index is 415. The molecule has 1 N–H and O–H groups in total. The Balaban J connectivity index is 1.58. The average Bonchev–Trinajstić information content (AvgIpc) is 2.53. The van der Waals surface area contributed by atoms with E-state index >= 15 is 0 Å². The van der Waals surface area contributed by atoms with Crippen LogP contribution in [0.1, 0.15) is 32.1 Å². The number of nitrogens with zero attached hydrogens (tertiary/aromatic N) is 3. The van der Waals surface area contributed by atoms with Gasteiger partial charge in [-0.3, -0.25) is 9.69 Å². The quantitative estimate of drug-likeness (QED) is 0.786. The molecule has 118 valence electrons. The third kappa shape index (κ3) is 3.15. The lowest BCUT2D eigenvalue weighted by Crippen LogP contribution is -2.59. The normalized spacial score (nSPS) is 30.9. The third-order valence-electron chi connectivity index (χ3n) is 5.15. The summed E-state index contributed by atoms with van der Waals surface area (Å²) in [6.45, 7) is 4.80. The molecule has 3 heterocycles. The van der Waals surface area contributed by atoms with Crippen molar-refractivity contribution in [3.05, 3.63) is 0 Å². The number of rotatable bonds is 1. The Morgan fingerprint density at radius 3 is 2.48 bits per heavy atom. The van der Waals surface area contributed by atoms with Gasteiger partial charge in [-0.05, 0) is 32.2 Å². The summed E-state index contributed by atoms with van der Waals surface area (Å²) >= 11 is 0. The predicted octanol–water partition coefficient (Wildman–Crippen LogP) is 1.07. The Kier molecular flexibility index (Phi) is 4.33. The van der Waals surface area contributed by atoms with E-state index in [1.54, 1.807) is 4.90 Å². The monoisotopic (exact) mass is 295 g/mol. The third-order valence-corrected chi connectivity index (χ3v) is 5.15. The Hall–Kier alpha value is -1.30. The maximum atomic E-state index is 12.6. The van der Waals surface area contributed by atoms with Gasteiger partial charge < -0.3 is 14.9 Å². The second-order valence-corrected chi connectivity index (χ2v) is 6.54. The number of hydrogen-bond donors (Lipinski definition) is 1. The maximum absolute atomic E-state index is 12.6. The molecule has 2 atom stereocenters. The topological polar surface area (TPSA) is 64.1 Å². The van der Waals surface area contributed by atoms with Gasteiger partial charge in [0, 0.05) is 38.8 Å². The van der Waals surface area contributed by atoms with Gasteiger partial charge in [0.15, 0.2) is 0 Å². The molecule has 3 aliphatic rings. The summed E-state index contributed by atoms with van der Waals surface area (Å²) < 4.78 is 0. The summed E-state index contributed by atoms with van der Waals surface area (Å²) in [6.07, 6.45) is 5.20. The van der Waals surface area contributed by atoms with Gasteiger partial charge in [-0.1, -0.05) is 6.42 Å². The van der Waals surface area contributed by atoms with E-state index < -0.39 is 11.9 Å². The summed E-state index contributed by atoms with van der Waals surface area (Å²) in [5.74, 6) is -1.16. The van der Waals surface area contributed by atoms with Crippen molar-refractivity contribution < 1.29 is 14.7 Å². The molecule has 0 aromatic rings. The number of urea groups is 1. The number of piperidine rings is 2. The standard InChI is InChI=1S/C15H25N3O3/c19-14(20)12-4-3-7-17(10-12)15(21)18-9-8-16-6-2-1-5-13(16)11-18/h12-13H,1-11H2,(H,19,20)/t12-,13?/m0/s1. The molecule has 0 aromatic heterocycles. The number of aliphatic carboxylic acids is 1. The van der Waals surface area contributed by atoms with Crippen molar-refractivity contribution in [2.24, 2.45) is 5.92 Å². The highest BCUT2D eigenvalue weighted by Crippen LogP contribution is 2.23. The summed E-state index contributed by atoms with van der Waals surface area (Å²) in [7, 11) is 0. The van der Waals surface area contributed by atoms with Crippen LogP contribution in [0.25, 0.3) is 0 Å². The number of piperazine rings is 1. The molecule has 6 nitrogen and oxygen atoms in total. The lowest BCUT2D eigenvalue weighted by Gasteiger charge is -2.45. The minimum absolute atomic E-state index is 0.0474. The van der Waals surface area contributed by atoms with E-state index in [1.807, 2.05) is 4.90 Å². The molecule has 3 aliphatic heterocycles. The molecule has 3 rings (SSSR count). The van der Waals surface area contributed by atoms with Crippen LogP contribution in [0.4, 0.5) is 4.79 Å². The van der Waals surface area contributed by atoms with Gasteiger partial charge in [0.2, 0.25) is 0 Å². The summed E-state index contributed by atoms with van der Waals surface area (Å²) in [5, 5.41) is 9.14. The van der Waals surface area contributed by atoms with E-state index in [9.17, 15) is 9.59 Å². The fraction of sp³-hybridized carbons (Fsp3) is 0.867. The number of fused-ring (bicyclic) bond motifs is 1. The Morgan fingerprint density at radius 2 is 1.67 bits per heavy atom. The van der Waals surface area contributed by atoms with Gasteiger partial charge in [0.25, 0.3) is 0 Å². The van der Waals surface area contributed by atoms with Crippen molar-refractivity contribution in [3.8, 4) is 0 Å². The number of carboxylic acids is 1. The van der Waals surface area contributed by atoms with Crippen LogP contribution < -0.4 is 0 Å². The van der Waals surface area contributed by atoms with Crippen molar-refractivity contribution in [2.75, 3.05) is 39.3 Å². The number of carbonyl (C=O) groups is 2. The lowest BCUT2D eigenvalue weighted by molar-refractivity contribution is -0.143. The van der Waals surface area contributed by atoms with E-state index in [0.29, 0.717) is 25.6 Å². The number of carboxylic acid groups (broad SMARTS) is 1. The molecule has 3 saturated heterocycles. The highest BCUT2D eigenvalue weighted by molar-refractivity contribution is 5.77. The molecule has 0 radical (unpaired) electrons. The smallest absolute Gasteiger partial charge is 0.320 e. The summed E-state index contributed by atoms with van der Waals surface area (Å²) in [5.41, 5.74) is 0. The van der Waals surface area contributed by atoms with Crippen LogP contribution in [-0.2, 0) is 4.79 Å². The minimum Gasteiger partial charge on any atom is -0.481 e. The van der Waals surface area contributed by atoms with Crippen LogP contribution in [0.15, 0.2) is 0 Å². The van der Waals surface area contributed by atoms with Crippen molar-refractivity contribution >= 4 is 12.0 Å². The van der Waals surface area contributed by atoms with Gasteiger partial charge in [0.1, 0.15) is 0 Å². The molecular formula is C15H25N3O3. The van der Waals surface area contributed by atoms with Gasteiger partial charge in [-0.2, -0.15) is 0 Å². The first-order valence-corrected chi connectivity index (χ1v) is 8.16. The van der Waals surface area contributed by atoms with E-state index in [0.717, 1.165) is 32.6 Å². The van der Waals surface area contributed by atoms with Crippen LogP contribution in [0.3, 0.4) is 0 Å². The molecular weight excluding hydrogens is 270 g/mol. The second kappa shape index (κ2) is 6.22. The fourth-order valence-corrected chi connectivity index (χ4v) is 3.88. The number of likely N-dealkylation sites (tertiary alicyclic amines) is 1. The maximum Gasteiger partial charge on any atom is 0.320 e. The lowest BCUT2D eigenvalue weighted by atomic mass is 9.98. The van der Waals surface area contributed by atoms with Crippen LogP contribution >= 0.6 is 0 Å². The molecule has 0 bridgehead atoms. The Morgan fingerprint density at radius 1 is 0.857 bits per heavy atom. The number of carbonyl (C=O) groups excluding carboxylic acids is 1. The van der Waals surface area contributed by atoms with Crippen molar-refractivity contribution in [2.45, 2.75) is 38.1 Å². The minimum atomic E-state index is -0.774. The van der Waals surface area contributed by atoms with E-state index in [4.69, 9.17) is 5.11 Å².